The fraction of sp³-hybridized carbons (Fsp3) is 0.263. The molecule has 0 aromatic heterocycles. The molecule has 0 spiro atoms. The summed E-state index contributed by atoms with van der Waals surface area (Å²) in [4.78, 5) is 25.4. The molecular weight excluding hydrogens is 304 g/mol. The Morgan fingerprint density at radius 2 is 1.71 bits per heavy atom. The Morgan fingerprint density at radius 3 is 2.38 bits per heavy atom. The molecule has 2 aromatic rings. The van der Waals surface area contributed by atoms with Gasteiger partial charge in [0.1, 0.15) is 12.3 Å². The van der Waals surface area contributed by atoms with E-state index < -0.39 is 0 Å². The van der Waals surface area contributed by atoms with Gasteiger partial charge in [0.25, 0.3) is 0 Å². The molecule has 0 heterocycles. The smallest absolute Gasteiger partial charge is 0.240 e. The normalized spacial score (nSPS) is 10.1. The number of ether oxygens (including phenoxy) is 1. The first-order chi connectivity index (χ1) is 11.6. The Labute approximate surface area is 142 Å². The van der Waals surface area contributed by atoms with Crippen molar-refractivity contribution in [2.24, 2.45) is 0 Å². The summed E-state index contributed by atoms with van der Waals surface area (Å²) in [6.45, 7) is 1.94. The van der Waals surface area contributed by atoms with Crippen molar-refractivity contribution < 1.29 is 14.3 Å². The molecule has 5 heteroatoms. The molecule has 24 heavy (non-hydrogen) atoms. The van der Waals surface area contributed by atoms with Crippen molar-refractivity contribution in [3.8, 4) is 5.75 Å². The summed E-state index contributed by atoms with van der Waals surface area (Å²) in [5.41, 5.74) is 1.75. The predicted molar refractivity (Wildman–Crippen MR) is 94.2 cm³/mol. The first-order valence-corrected chi connectivity index (χ1v) is 7.83. The molecule has 0 unspecified atom stereocenters. The number of methoxy groups -OCH3 is 1. The van der Waals surface area contributed by atoms with Gasteiger partial charge in [0.15, 0.2) is 0 Å². The van der Waals surface area contributed by atoms with Crippen LogP contribution in [-0.2, 0) is 16.0 Å². The Bertz CT molecular complexity index is 686. The lowest BCUT2D eigenvalue weighted by Crippen LogP contribution is -2.40. The Balaban J connectivity index is 1.89. The van der Waals surface area contributed by atoms with Crippen LogP contribution in [0.5, 0.6) is 5.75 Å². The van der Waals surface area contributed by atoms with Gasteiger partial charge in [-0.3, -0.25) is 9.59 Å². The van der Waals surface area contributed by atoms with E-state index in [0.29, 0.717) is 18.7 Å². The molecule has 0 fully saturated rings. The average Bonchev–Trinajstić information content (AvgIpc) is 2.60. The molecule has 2 aromatic carbocycles. The summed E-state index contributed by atoms with van der Waals surface area (Å²) in [6, 6.07) is 16.9. The van der Waals surface area contributed by atoms with Gasteiger partial charge in [-0.15, -0.1) is 0 Å². The zero-order valence-corrected chi connectivity index (χ0v) is 14.0. The molecule has 126 valence electrons. The highest BCUT2D eigenvalue weighted by molar-refractivity contribution is 5.97. The number of carbonyl (C=O) groups excluding carboxylic acids is 2. The number of benzene rings is 2. The van der Waals surface area contributed by atoms with Crippen LogP contribution in [0.1, 0.15) is 12.5 Å². The van der Waals surface area contributed by atoms with Crippen molar-refractivity contribution >= 4 is 17.5 Å². The minimum Gasteiger partial charge on any atom is -0.496 e. The minimum atomic E-state index is -0.191. The van der Waals surface area contributed by atoms with Gasteiger partial charge in [0.2, 0.25) is 11.8 Å². The van der Waals surface area contributed by atoms with Crippen molar-refractivity contribution in [1.29, 1.82) is 0 Å². The number of hydrogen-bond donors (Lipinski definition) is 1. The average molecular weight is 326 g/mol. The summed E-state index contributed by atoms with van der Waals surface area (Å²) in [5.74, 6) is 0.450. The molecule has 0 saturated carbocycles. The van der Waals surface area contributed by atoms with Gasteiger partial charge in [0.05, 0.1) is 7.11 Å². The fourth-order valence-electron chi connectivity index (χ4n) is 2.44. The maximum atomic E-state index is 12.1. The standard InChI is InChI=1S/C19H22N2O3/c1-15(22)21(17-9-4-3-5-10-17)14-19(23)20-13-12-16-8-6-7-11-18(16)24-2/h3-11H,12-14H2,1-2H3,(H,20,23). The molecule has 0 bridgehead atoms. The summed E-state index contributed by atoms with van der Waals surface area (Å²) in [6.07, 6.45) is 0.668. The zero-order valence-electron chi connectivity index (χ0n) is 14.0. The summed E-state index contributed by atoms with van der Waals surface area (Å²) in [5, 5.41) is 2.85. The highest BCUT2D eigenvalue weighted by atomic mass is 16.5. The van der Waals surface area contributed by atoms with Gasteiger partial charge >= 0.3 is 0 Å². The summed E-state index contributed by atoms with van der Waals surface area (Å²) in [7, 11) is 1.63. The van der Waals surface area contributed by atoms with E-state index in [1.807, 2.05) is 54.6 Å². The third-order valence-corrected chi connectivity index (χ3v) is 3.66. The molecule has 0 aliphatic rings. The summed E-state index contributed by atoms with van der Waals surface area (Å²) >= 11 is 0. The lowest BCUT2D eigenvalue weighted by molar-refractivity contribution is -0.123. The van der Waals surface area contributed by atoms with Gasteiger partial charge in [-0.05, 0) is 30.2 Å². The molecule has 0 saturated heterocycles. The summed E-state index contributed by atoms with van der Waals surface area (Å²) < 4.78 is 5.29. The zero-order chi connectivity index (χ0) is 17.4. The molecule has 5 nitrogen and oxygen atoms in total. The number of para-hydroxylation sites is 2. The van der Waals surface area contributed by atoms with Crippen LogP contribution in [0.3, 0.4) is 0 Å². The molecule has 1 N–H and O–H groups in total. The second kappa shape index (κ2) is 8.72. The number of nitrogens with one attached hydrogen (secondary N) is 1. The molecule has 2 rings (SSSR count). The number of hydrogen-bond acceptors (Lipinski definition) is 3. The SMILES string of the molecule is COc1ccccc1CCNC(=O)CN(C(C)=O)c1ccccc1. The monoisotopic (exact) mass is 326 g/mol. The number of anilines is 1. The lowest BCUT2D eigenvalue weighted by Gasteiger charge is -2.20. The van der Waals surface area contributed by atoms with Crippen LogP contribution >= 0.6 is 0 Å². The Morgan fingerprint density at radius 1 is 1.04 bits per heavy atom. The molecule has 2 amide bonds. The minimum absolute atomic E-state index is 0.00523. The highest BCUT2D eigenvalue weighted by Crippen LogP contribution is 2.17. The number of carbonyl (C=O) groups is 2. The highest BCUT2D eigenvalue weighted by Gasteiger charge is 2.15. The van der Waals surface area contributed by atoms with E-state index in [4.69, 9.17) is 4.74 Å². The topological polar surface area (TPSA) is 58.6 Å². The second-order valence-corrected chi connectivity index (χ2v) is 5.35. The van der Waals surface area contributed by atoms with Gasteiger partial charge in [-0.25, -0.2) is 0 Å². The van der Waals surface area contributed by atoms with Crippen LogP contribution < -0.4 is 15.0 Å². The van der Waals surface area contributed by atoms with Gasteiger partial charge in [-0.1, -0.05) is 36.4 Å². The fourth-order valence-corrected chi connectivity index (χ4v) is 2.44. The van der Waals surface area contributed by atoms with Crippen LogP contribution in [-0.4, -0.2) is 32.0 Å². The molecule has 0 aliphatic heterocycles. The van der Waals surface area contributed by atoms with Crippen molar-refractivity contribution in [3.05, 3.63) is 60.2 Å². The number of nitrogens with zero attached hydrogens (tertiary/aromatic N) is 1. The molecular formula is C19H22N2O3. The van der Waals surface area contributed by atoms with E-state index in [1.54, 1.807) is 7.11 Å². The van der Waals surface area contributed by atoms with E-state index in [1.165, 1.54) is 11.8 Å². The molecule has 0 radical (unpaired) electrons. The first kappa shape index (κ1) is 17.5. The van der Waals surface area contributed by atoms with E-state index in [2.05, 4.69) is 5.32 Å². The van der Waals surface area contributed by atoms with Gasteiger partial charge < -0.3 is 15.0 Å². The van der Waals surface area contributed by atoms with E-state index in [0.717, 1.165) is 11.3 Å². The predicted octanol–water partition coefficient (Wildman–Crippen LogP) is 2.41. The van der Waals surface area contributed by atoms with E-state index in [9.17, 15) is 9.59 Å². The molecule has 0 aliphatic carbocycles. The maximum Gasteiger partial charge on any atom is 0.240 e. The number of amides is 2. The second-order valence-electron chi connectivity index (χ2n) is 5.35. The van der Waals surface area contributed by atoms with Crippen LogP contribution in [0.25, 0.3) is 0 Å². The van der Waals surface area contributed by atoms with Gasteiger partial charge in [-0.2, -0.15) is 0 Å². The third kappa shape index (κ3) is 4.84. The van der Waals surface area contributed by atoms with Crippen LogP contribution in [0.15, 0.2) is 54.6 Å². The van der Waals surface area contributed by atoms with Crippen molar-refractivity contribution in [3.63, 3.8) is 0 Å². The maximum absolute atomic E-state index is 12.1. The lowest BCUT2D eigenvalue weighted by atomic mass is 10.1. The van der Waals surface area contributed by atoms with Gasteiger partial charge in [0, 0.05) is 19.2 Å². The third-order valence-electron chi connectivity index (χ3n) is 3.66. The largest absolute Gasteiger partial charge is 0.496 e. The Kier molecular flexibility index (Phi) is 6.37. The molecule has 0 atom stereocenters. The van der Waals surface area contributed by atoms with Crippen LogP contribution in [0.4, 0.5) is 5.69 Å². The Hall–Kier alpha value is -2.82. The van der Waals surface area contributed by atoms with Crippen molar-refractivity contribution in [2.75, 3.05) is 25.1 Å². The van der Waals surface area contributed by atoms with Crippen LogP contribution in [0.2, 0.25) is 0 Å². The first-order valence-electron chi connectivity index (χ1n) is 7.83. The van der Waals surface area contributed by atoms with E-state index >= 15 is 0 Å². The van der Waals surface area contributed by atoms with Crippen molar-refractivity contribution in [2.45, 2.75) is 13.3 Å². The number of rotatable bonds is 7. The van der Waals surface area contributed by atoms with Crippen molar-refractivity contribution in [1.82, 2.24) is 5.32 Å². The van der Waals surface area contributed by atoms with Crippen LogP contribution in [0, 0.1) is 0 Å². The quantitative estimate of drug-likeness (QED) is 0.850. The van der Waals surface area contributed by atoms with E-state index in [-0.39, 0.29) is 18.4 Å².